The molecule has 0 N–H and O–H groups in total. The summed E-state index contributed by atoms with van der Waals surface area (Å²) >= 11 is 1.24. The van der Waals surface area contributed by atoms with Crippen molar-refractivity contribution in [3.8, 4) is 0 Å². The van der Waals surface area contributed by atoms with Crippen molar-refractivity contribution in [3.05, 3.63) is 106 Å². The van der Waals surface area contributed by atoms with Crippen LogP contribution in [0.25, 0.3) is 6.08 Å². The molecule has 1 saturated heterocycles. The van der Waals surface area contributed by atoms with Gasteiger partial charge in [0.25, 0.3) is 11.6 Å². The smallest absolute Gasteiger partial charge is 0.268 e. The molecule has 1 fully saturated rings. The maximum Gasteiger partial charge on any atom is 0.271 e. The first-order valence-corrected chi connectivity index (χ1v) is 9.61. The molecule has 1 heterocycles. The number of para-hydroxylation sites is 2. The molecule has 1 amide bonds. The highest BCUT2D eigenvalue weighted by atomic mass is 32.2. The van der Waals surface area contributed by atoms with Crippen LogP contribution in [0.1, 0.15) is 5.56 Å². The second-order valence-corrected chi connectivity index (χ2v) is 7.18. The van der Waals surface area contributed by atoms with E-state index in [0.717, 1.165) is 5.69 Å². The molecule has 0 saturated carbocycles. The molecule has 142 valence electrons. The maximum atomic E-state index is 13.2. The summed E-state index contributed by atoms with van der Waals surface area (Å²) in [6.07, 6.45) is 1.66. The molecule has 0 radical (unpaired) electrons. The minimum absolute atomic E-state index is 0.0205. The van der Waals surface area contributed by atoms with Gasteiger partial charge < -0.3 is 0 Å². The van der Waals surface area contributed by atoms with Gasteiger partial charge in [0.1, 0.15) is 0 Å². The summed E-state index contributed by atoms with van der Waals surface area (Å²) in [5, 5.41) is 11.6. The Morgan fingerprint density at radius 2 is 1.62 bits per heavy atom. The third-order valence-electron chi connectivity index (χ3n) is 4.18. The Kier molecular flexibility index (Phi) is 5.22. The Morgan fingerprint density at radius 3 is 2.31 bits per heavy atom. The van der Waals surface area contributed by atoms with Crippen LogP contribution in [-0.4, -0.2) is 16.0 Å². The molecule has 0 spiro atoms. The molecular weight excluding hydrogens is 386 g/mol. The summed E-state index contributed by atoms with van der Waals surface area (Å²) in [5.74, 6) is -0.220. The van der Waals surface area contributed by atoms with Crippen molar-refractivity contribution in [2.75, 3.05) is 4.90 Å². The fourth-order valence-electron chi connectivity index (χ4n) is 2.85. The number of aliphatic imine (C=N–C) groups is 1. The number of rotatable bonds is 4. The molecule has 1 aliphatic rings. The number of hydrogen-bond donors (Lipinski definition) is 0. The highest BCUT2D eigenvalue weighted by Gasteiger charge is 2.34. The molecule has 0 aliphatic carbocycles. The zero-order chi connectivity index (χ0) is 20.2. The number of amides is 1. The van der Waals surface area contributed by atoms with Crippen molar-refractivity contribution >= 4 is 46.0 Å². The van der Waals surface area contributed by atoms with Crippen LogP contribution in [0.2, 0.25) is 0 Å². The Balaban J connectivity index is 1.76. The topological polar surface area (TPSA) is 75.8 Å². The normalized spacial score (nSPS) is 16.6. The van der Waals surface area contributed by atoms with E-state index in [9.17, 15) is 14.9 Å². The van der Waals surface area contributed by atoms with Gasteiger partial charge >= 0.3 is 0 Å². The Bertz CT molecular complexity index is 1130. The maximum absolute atomic E-state index is 13.2. The first kappa shape index (κ1) is 18.6. The molecule has 1 aliphatic heterocycles. The van der Waals surface area contributed by atoms with E-state index >= 15 is 0 Å². The van der Waals surface area contributed by atoms with Crippen molar-refractivity contribution in [1.82, 2.24) is 0 Å². The number of non-ortho nitro benzene ring substituents is 1. The lowest BCUT2D eigenvalue weighted by Crippen LogP contribution is -2.28. The van der Waals surface area contributed by atoms with E-state index in [1.807, 2.05) is 60.7 Å². The predicted molar refractivity (Wildman–Crippen MR) is 116 cm³/mol. The van der Waals surface area contributed by atoms with Crippen LogP contribution in [0.3, 0.4) is 0 Å². The number of carbonyl (C=O) groups excluding carboxylic acids is 1. The summed E-state index contributed by atoms with van der Waals surface area (Å²) in [7, 11) is 0. The molecule has 29 heavy (non-hydrogen) atoms. The van der Waals surface area contributed by atoms with Crippen molar-refractivity contribution in [2.24, 2.45) is 4.99 Å². The van der Waals surface area contributed by atoms with E-state index in [2.05, 4.69) is 4.99 Å². The average Bonchev–Trinajstić information content (AvgIpc) is 3.04. The molecule has 6 nitrogen and oxygen atoms in total. The molecule has 0 atom stereocenters. The van der Waals surface area contributed by atoms with Crippen LogP contribution in [0.5, 0.6) is 0 Å². The van der Waals surface area contributed by atoms with E-state index in [1.54, 1.807) is 23.1 Å². The van der Waals surface area contributed by atoms with Gasteiger partial charge in [0.2, 0.25) is 0 Å². The lowest BCUT2D eigenvalue weighted by Gasteiger charge is -2.15. The van der Waals surface area contributed by atoms with Crippen molar-refractivity contribution < 1.29 is 9.72 Å². The highest BCUT2D eigenvalue weighted by molar-refractivity contribution is 8.19. The third kappa shape index (κ3) is 4.09. The number of anilines is 1. The van der Waals surface area contributed by atoms with Gasteiger partial charge in [-0.05, 0) is 47.7 Å². The summed E-state index contributed by atoms with van der Waals surface area (Å²) in [6, 6.07) is 24.9. The van der Waals surface area contributed by atoms with Crippen molar-refractivity contribution in [2.45, 2.75) is 0 Å². The average molecular weight is 401 g/mol. The van der Waals surface area contributed by atoms with Crippen LogP contribution in [0.4, 0.5) is 17.1 Å². The zero-order valence-corrected chi connectivity index (χ0v) is 16.0. The zero-order valence-electron chi connectivity index (χ0n) is 15.1. The molecule has 3 aromatic rings. The standard InChI is InChI=1S/C22H15N3O3S/c26-21-20(15-16-8-7-13-19(14-16)25(27)28)29-22(23-17-9-3-1-4-10-17)24(21)18-11-5-2-6-12-18/h1-15H/b20-15+,23-22?. The predicted octanol–water partition coefficient (Wildman–Crippen LogP) is 5.40. The number of nitrogens with zero attached hydrogens (tertiary/aromatic N) is 3. The van der Waals surface area contributed by atoms with Crippen molar-refractivity contribution in [3.63, 3.8) is 0 Å². The number of amidine groups is 1. The van der Waals surface area contributed by atoms with E-state index in [-0.39, 0.29) is 11.6 Å². The number of nitro groups is 1. The van der Waals surface area contributed by atoms with E-state index in [4.69, 9.17) is 0 Å². The monoisotopic (exact) mass is 401 g/mol. The first-order chi connectivity index (χ1) is 14.1. The minimum atomic E-state index is -0.454. The van der Waals surface area contributed by atoms with Crippen LogP contribution in [-0.2, 0) is 4.79 Å². The minimum Gasteiger partial charge on any atom is -0.268 e. The quantitative estimate of drug-likeness (QED) is 0.333. The van der Waals surface area contributed by atoms with Crippen molar-refractivity contribution in [1.29, 1.82) is 0 Å². The van der Waals surface area contributed by atoms with E-state index in [0.29, 0.717) is 21.3 Å². The Labute approximate surface area is 171 Å². The van der Waals surface area contributed by atoms with Crippen LogP contribution in [0, 0.1) is 10.1 Å². The fraction of sp³-hybridized carbons (Fsp3) is 0. The van der Waals surface area contributed by atoms with E-state index < -0.39 is 4.92 Å². The third-order valence-corrected chi connectivity index (χ3v) is 5.15. The fourth-order valence-corrected chi connectivity index (χ4v) is 3.85. The molecule has 4 rings (SSSR count). The van der Waals surface area contributed by atoms with Gasteiger partial charge in [0, 0.05) is 12.1 Å². The lowest BCUT2D eigenvalue weighted by atomic mass is 10.2. The van der Waals surface area contributed by atoms with Gasteiger partial charge in [0.05, 0.1) is 21.2 Å². The van der Waals surface area contributed by atoms with Gasteiger partial charge in [-0.2, -0.15) is 0 Å². The summed E-state index contributed by atoms with van der Waals surface area (Å²) in [4.78, 5) is 30.4. The van der Waals surface area contributed by atoms with Gasteiger partial charge in [-0.25, -0.2) is 4.99 Å². The van der Waals surface area contributed by atoms with Crippen LogP contribution >= 0.6 is 11.8 Å². The number of carbonyl (C=O) groups is 1. The van der Waals surface area contributed by atoms with Crippen LogP contribution < -0.4 is 4.90 Å². The molecule has 7 heteroatoms. The summed E-state index contributed by atoms with van der Waals surface area (Å²) in [6.45, 7) is 0. The number of nitro benzene ring substituents is 1. The molecule has 0 aromatic heterocycles. The number of thioether (sulfide) groups is 1. The summed E-state index contributed by atoms with van der Waals surface area (Å²) in [5.41, 5.74) is 2.01. The largest absolute Gasteiger partial charge is 0.271 e. The van der Waals surface area contributed by atoms with Gasteiger partial charge in [-0.15, -0.1) is 0 Å². The molecule has 0 unspecified atom stereocenters. The number of hydrogen-bond acceptors (Lipinski definition) is 5. The Morgan fingerprint density at radius 1 is 0.931 bits per heavy atom. The highest BCUT2D eigenvalue weighted by Crippen LogP contribution is 2.37. The van der Waals surface area contributed by atoms with Gasteiger partial charge in [0.15, 0.2) is 5.17 Å². The lowest BCUT2D eigenvalue weighted by molar-refractivity contribution is -0.384. The van der Waals surface area contributed by atoms with Crippen LogP contribution in [0.15, 0.2) is 94.8 Å². The van der Waals surface area contributed by atoms with Gasteiger partial charge in [-0.3, -0.25) is 19.8 Å². The second-order valence-electron chi connectivity index (χ2n) is 6.17. The second kappa shape index (κ2) is 8.12. The first-order valence-electron chi connectivity index (χ1n) is 8.79. The Hall–Kier alpha value is -3.71. The molecular formula is C22H15N3O3S. The summed E-state index contributed by atoms with van der Waals surface area (Å²) < 4.78 is 0. The number of benzene rings is 3. The van der Waals surface area contributed by atoms with Gasteiger partial charge in [-0.1, -0.05) is 48.5 Å². The SMILES string of the molecule is O=C1/C(=C\c2cccc([N+](=O)[O-])c2)SC(=Nc2ccccc2)N1c1ccccc1. The molecule has 3 aromatic carbocycles. The molecule has 0 bridgehead atoms. The van der Waals surface area contributed by atoms with E-state index in [1.165, 1.54) is 23.9 Å².